The second-order valence-corrected chi connectivity index (χ2v) is 6.20. The third-order valence-electron chi connectivity index (χ3n) is 3.52. The normalized spacial score (nSPS) is 12.5. The van der Waals surface area contributed by atoms with Crippen LogP contribution in [0.3, 0.4) is 0 Å². The molecular formula is C15H7NO3Se. The summed E-state index contributed by atoms with van der Waals surface area (Å²) in [4.78, 5) is 23.8. The van der Waals surface area contributed by atoms with Crippen LogP contribution in [0.2, 0.25) is 0 Å². The molecule has 2 aromatic carbocycles. The van der Waals surface area contributed by atoms with Gasteiger partial charge in [-0.3, -0.25) is 0 Å². The van der Waals surface area contributed by atoms with Crippen molar-refractivity contribution >= 4 is 36.1 Å². The number of hydrogen-bond donors (Lipinski definition) is 1. The quantitative estimate of drug-likeness (QED) is 0.544. The van der Waals surface area contributed by atoms with Gasteiger partial charge in [0.1, 0.15) is 0 Å². The van der Waals surface area contributed by atoms with Gasteiger partial charge in [0, 0.05) is 0 Å². The summed E-state index contributed by atoms with van der Waals surface area (Å²) in [5, 5.41) is 9.98. The molecule has 4 rings (SSSR count). The number of carbonyl (C=O) groups is 2. The van der Waals surface area contributed by atoms with Gasteiger partial charge in [-0.2, -0.15) is 0 Å². The second kappa shape index (κ2) is 3.88. The summed E-state index contributed by atoms with van der Waals surface area (Å²) in [6, 6.07) is 10.5. The standard InChI is InChI=1S/C15H7NO3Se/c17-13-8-4-2-1-3-7(8)12-11-9(13)5-6-10(15(18)19)14(11)20-16-12/h1-6H,(H,18,19). The van der Waals surface area contributed by atoms with E-state index in [4.69, 9.17) is 0 Å². The number of carboxylic acid groups (broad SMARTS) is 1. The Bertz CT molecular complexity index is 911. The first-order valence-electron chi connectivity index (χ1n) is 5.98. The van der Waals surface area contributed by atoms with E-state index in [9.17, 15) is 14.7 Å². The van der Waals surface area contributed by atoms with E-state index in [1.54, 1.807) is 12.1 Å². The summed E-state index contributed by atoms with van der Waals surface area (Å²) in [5.41, 5.74) is 3.06. The van der Waals surface area contributed by atoms with Gasteiger partial charge in [0.05, 0.1) is 0 Å². The van der Waals surface area contributed by atoms with Gasteiger partial charge < -0.3 is 0 Å². The maximum atomic E-state index is 12.5. The molecule has 96 valence electrons. The Kier molecular flexibility index (Phi) is 2.25. The number of fused-ring (bicyclic) bond motifs is 2. The molecule has 0 bridgehead atoms. The number of aromatic nitrogens is 1. The molecule has 0 aliphatic heterocycles. The number of ketones is 1. The van der Waals surface area contributed by atoms with Crippen molar-refractivity contribution in [2.24, 2.45) is 0 Å². The minimum atomic E-state index is -0.965. The van der Waals surface area contributed by atoms with E-state index in [1.165, 1.54) is 6.07 Å². The maximum absolute atomic E-state index is 12.5. The predicted molar refractivity (Wildman–Crippen MR) is 74.5 cm³/mol. The van der Waals surface area contributed by atoms with Crippen LogP contribution in [0.1, 0.15) is 26.3 Å². The molecule has 0 spiro atoms. The third kappa shape index (κ3) is 1.33. The van der Waals surface area contributed by atoms with Gasteiger partial charge in [-0.1, -0.05) is 0 Å². The first-order chi connectivity index (χ1) is 9.68. The number of nitrogens with zero attached hydrogens (tertiary/aromatic N) is 1. The van der Waals surface area contributed by atoms with Crippen LogP contribution in [0.15, 0.2) is 36.4 Å². The van der Waals surface area contributed by atoms with Crippen LogP contribution in [0.4, 0.5) is 0 Å². The summed E-state index contributed by atoms with van der Waals surface area (Å²) in [5.74, 6) is -1.02. The predicted octanol–water partition coefficient (Wildman–Crippen LogP) is 2.20. The molecule has 5 heteroatoms. The molecule has 0 saturated carbocycles. The van der Waals surface area contributed by atoms with E-state index in [-0.39, 0.29) is 26.1 Å². The second-order valence-electron chi connectivity index (χ2n) is 4.58. The summed E-state index contributed by atoms with van der Waals surface area (Å²) >= 11 is -0.286. The van der Waals surface area contributed by atoms with Gasteiger partial charge in [-0.05, 0) is 0 Å². The zero-order chi connectivity index (χ0) is 13.9. The van der Waals surface area contributed by atoms with Crippen molar-refractivity contribution in [2.45, 2.75) is 0 Å². The van der Waals surface area contributed by atoms with E-state index >= 15 is 0 Å². The third-order valence-corrected chi connectivity index (χ3v) is 5.37. The Morgan fingerprint density at radius 1 is 1.05 bits per heavy atom. The van der Waals surface area contributed by atoms with Crippen molar-refractivity contribution in [1.82, 2.24) is 3.98 Å². The van der Waals surface area contributed by atoms with Gasteiger partial charge in [-0.15, -0.1) is 0 Å². The van der Waals surface area contributed by atoms with Crippen molar-refractivity contribution in [3.63, 3.8) is 0 Å². The van der Waals surface area contributed by atoms with Crippen LogP contribution in [-0.4, -0.2) is 35.6 Å². The van der Waals surface area contributed by atoms with E-state index in [1.807, 2.05) is 18.2 Å². The minimum absolute atomic E-state index is 0.0505. The first kappa shape index (κ1) is 11.6. The van der Waals surface area contributed by atoms with Gasteiger partial charge in [-0.25, -0.2) is 0 Å². The molecule has 0 unspecified atom stereocenters. The van der Waals surface area contributed by atoms with Crippen molar-refractivity contribution in [2.75, 3.05) is 0 Å². The molecule has 3 aromatic rings. The summed E-state index contributed by atoms with van der Waals surface area (Å²) < 4.78 is 5.23. The van der Waals surface area contributed by atoms with Crippen LogP contribution in [0, 0.1) is 0 Å². The zero-order valence-electron chi connectivity index (χ0n) is 10.1. The molecule has 4 nitrogen and oxygen atoms in total. The van der Waals surface area contributed by atoms with Crippen molar-refractivity contribution in [3.05, 3.63) is 53.1 Å². The topological polar surface area (TPSA) is 67.3 Å². The summed E-state index contributed by atoms with van der Waals surface area (Å²) in [6.07, 6.45) is 0. The Morgan fingerprint density at radius 2 is 1.80 bits per heavy atom. The van der Waals surface area contributed by atoms with Crippen LogP contribution in [0.5, 0.6) is 0 Å². The molecule has 1 heterocycles. The number of carbonyl (C=O) groups excluding carboxylic acids is 1. The monoisotopic (exact) mass is 329 g/mol. The fourth-order valence-corrected chi connectivity index (χ4v) is 4.56. The molecule has 1 aromatic heterocycles. The fraction of sp³-hybridized carbons (Fsp3) is 0. The van der Waals surface area contributed by atoms with Gasteiger partial charge >= 0.3 is 119 Å². The SMILES string of the molecule is O=C(O)c1ccc2c3c(n[se]c13)-c1ccccc1C2=O. The fourth-order valence-electron chi connectivity index (χ4n) is 2.62. The van der Waals surface area contributed by atoms with E-state index in [2.05, 4.69) is 3.98 Å². The zero-order valence-corrected chi connectivity index (χ0v) is 11.8. The van der Waals surface area contributed by atoms with Gasteiger partial charge in [0.25, 0.3) is 0 Å². The van der Waals surface area contributed by atoms with E-state index in [0.717, 1.165) is 16.6 Å². The van der Waals surface area contributed by atoms with Crippen LogP contribution < -0.4 is 0 Å². The molecule has 1 aliphatic rings. The van der Waals surface area contributed by atoms with Crippen LogP contribution in [-0.2, 0) is 0 Å². The number of hydrogen-bond acceptors (Lipinski definition) is 3. The van der Waals surface area contributed by atoms with Gasteiger partial charge in [0.2, 0.25) is 0 Å². The number of benzene rings is 2. The van der Waals surface area contributed by atoms with Gasteiger partial charge in [0.15, 0.2) is 0 Å². The Balaban J connectivity index is 2.20. The average molecular weight is 328 g/mol. The molecule has 20 heavy (non-hydrogen) atoms. The van der Waals surface area contributed by atoms with Crippen molar-refractivity contribution < 1.29 is 14.7 Å². The van der Waals surface area contributed by atoms with Crippen LogP contribution >= 0.6 is 0 Å². The molecule has 1 N–H and O–H groups in total. The van der Waals surface area contributed by atoms with Crippen molar-refractivity contribution in [3.8, 4) is 11.3 Å². The average Bonchev–Trinajstić information content (AvgIpc) is 2.89. The molecule has 0 radical (unpaired) electrons. The molecular weight excluding hydrogens is 321 g/mol. The molecule has 1 aliphatic carbocycles. The number of carboxylic acids is 1. The molecule has 0 atom stereocenters. The Hall–Kier alpha value is -2.23. The Morgan fingerprint density at radius 3 is 2.55 bits per heavy atom. The number of rotatable bonds is 1. The molecule has 0 saturated heterocycles. The van der Waals surface area contributed by atoms with Crippen molar-refractivity contribution in [1.29, 1.82) is 0 Å². The summed E-state index contributed by atoms with van der Waals surface area (Å²) in [6.45, 7) is 0. The van der Waals surface area contributed by atoms with E-state index in [0.29, 0.717) is 15.4 Å². The first-order valence-corrected chi connectivity index (χ1v) is 7.60. The number of aromatic carboxylic acids is 1. The van der Waals surface area contributed by atoms with E-state index < -0.39 is 5.97 Å². The molecule has 0 fully saturated rings. The molecule has 0 amide bonds. The van der Waals surface area contributed by atoms with Crippen LogP contribution in [0.25, 0.3) is 20.9 Å². The summed E-state index contributed by atoms with van der Waals surface area (Å²) in [7, 11) is 0. The Labute approximate surface area is 119 Å².